The van der Waals surface area contributed by atoms with Crippen LogP contribution >= 0.6 is 23.5 Å². The number of aliphatic imine (C=N–C) groups is 1. The fraction of sp³-hybridized carbons (Fsp3) is 0.345. The van der Waals surface area contributed by atoms with Gasteiger partial charge in [0.05, 0.1) is 33.9 Å². The van der Waals surface area contributed by atoms with Crippen molar-refractivity contribution in [3.63, 3.8) is 0 Å². The third-order valence-electron chi connectivity index (χ3n) is 8.07. The van der Waals surface area contributed by atoms with Crippen molar-refractivity contribution in [2.24, 2.45) is 22.8 Å². The van der Waals surface area contributed by atoms with Crippen LogP contribution in [-0.4, -0.2) is 90.2 Å². The summed E-state index contributed by atoms with van der Waals surface area (Å²) in [6, 6.07) is -1.08. The number of thioether (sulfide) groups is 2. The molecule has 22 heteroatoms. The Hall–Kier alpha value is -4.83. The highest BCUT2D eigenvalue weighted by Gasteiger charge is 2.56. The van der Waals surface area contributed by atoms with Crippen molar-refractivity contribution in [2.45, 2.75) is 53.5 Å². The van der Waals surface area contributed by atoms with Gasteiger partial charge in [-0.05, 0) is 30.6 Å². The minimum absolute atomic E-state index is 0.0501. The summed E-state index contributed by atoms with van der Waals surface area (Å²) in [4.78, 5) is 57.8. The molecule has 1 aliphatic carbocycles. The van der Waals surface area contributed by atoms with E-state index in [1.165, 1.54) is 11.8 Å². The van der Waals surface area contributed by atoms with Crippen LogP contribution < -0.4 is 21.6 Å². The van der Waals surface area contributed by atoms with E-state index in [0.717, 1.165) is 37.9 Å². The number of fused-ring (bicyclic) bond motifs is 3. The van der Waals surface area contributed by atoms with Crippen LogP contribution in [0, 0.1) is 0 Å². The van der Waals surface area contributed by atoms with Gasteiger partial charge in [-0.1, -0.05) is 11.8 Å². The van der Waals surface area contributed by atoms with Crippen LogP contribution in [0.5, 0.6) is 5.75 Å². The fourth-order valence-corrected chi connectivity index (χ4v) is 8.73. The van der Waals surface area contributed by atoms with Crippen molar-refractivity contribution in [3.8, 4) is 5.75 Å². The number of nitrogens with zero attached hydrogens (tertiary/aromatic N) is 4. The van der Waals surface area contributed by atoms with Gasteiger partial charge in [0.2, 0.25) is 0 Å². The maximum atomic E-state index is 12.9. The number of aromatic hydroxyl groups is 1. The smallest absolute Gasteiger partial charge is 0.490 e. The number of carboxylic acid groups (broad SMARTS) is 3. The molecule has 272 valence electrons. The first-order valence-electron chi connectivity index (χ1n) is 14.4. The summed E-state index contributed by atoms with van der Waals surface area (Å²) in [5, 5.41) is 40.7. The Morgan fingerprint density at radius 3 is 2.35 bits per heavy atom. The maximum Gasteiger partial charge on any atom is 0.490 e. The highest BCUT2D eigenvalue weighted by molar-refractivity contribution is 8.05. The van der Waals surface area contributed by atoms with E-state index < -0.39 is 41.7 Å². The number of carbonyl (C=O) groups is 4. The molecule has 7 rings (SSSR count). The van der Waals surface area contributed by atoms with Crippen LogP contribution in [0.4, 0.5) is 37.7 Å². The Morgan fingerprint density at radius 1 is 1.14 bits per heavy atom. The highest BCUT2D eigenvalue weighted by Crippen LogP contribution is 2.65. The second kappa shape index (κ2) is 13.4. The molecule has 2 aromatic rings. The number of hydrogen-bond donors (Lipinski definition) is 6. The van der Waals surface area contributed by atoms with E-state index in [1.54, 1.807) is 41.9 Å². The zero-order chi connectivity index (χ0) is 37.8. The van der Waals surface area contributed by atoms with Gasteiger partial charge in [0.1, 0.15) is 16.8 Å². The van der Waals surface area contributed by atoms with Crippen molar-refractivity contribution >= 4 is 70.4 Å². The molecule has 14 nitrogen and oxygen atoms in total. The molecular weight excluding hydrogens is 738 g/mol. The third kappa shape index (κ3) is 6.94. The van der Waals surface area contributed by atoms with Gasteiger partial charge in [-0.3, -0.25) is 19.6 Å². The standard InChI is InChI=1S/C25H22N6O4S2.2C2HF3O2/c1-31-9-29-23(13(31)6-12(26)24(34)35)37-15-5-11(32)4-14-25(15)7-16(36-14)30-21-18(25)19-17-10(2-3-27-19)8-28-20(17)22(21)33;2*3-2(4,5)1(6)7/h4-5,8-9,12,16,30,33H,2-3,6-7,26H2,1H3,(H,34,35);2*(H,6,7)/t12-,16-,25-;;/m0../s1. The molecule has 0 saturated carbocycles. The van der Waals surface area contributed by atoms with Crippen molar-refractivity contribution in [1.29, 1.82) is 0 Å². The predicted octanol–water partition coefficient (Wildman–Crippen LogP) is 2.51. The molecular formula is C29H24F6N6O8S2. The van der Waals surface area contributed by atoms with Gasteiger partial charge < -0.3 is 36.0 Å². The van der Waals surface area contributed by atoms with Gasteiger partial charge in [0.15, 0.2) is 11.5 Å². The van der Waals surface area contributed by atoms with Gasteiger partial charge in [0, 0.05) is 46.8 Å². The number of ketones is 1. The Kier molecular flexibility index (Phi) is 9.82. The summed E-state index contributed by atoms with van der Waals surface area (Å²) in [6.07, 6.45) is -1.85. The van der Waals surface area contributed by atoms with Gasteiger partial charge in [-0.15, -0.1) is 11.8 Å². The number of imidazole rings is 1. The zero-order valence-corrected chi connectivity index (χ0v) is 27.3. The first-order chi connectivity index (χ1) is 23.7. The van der Waals surface area contributed by atoms with Crippen LogP contribution in [0.25, 0.3) is 5.57 Å². The SMILES string of the molecule is Cn1cnc(SC2=CC(=O)C=C3S[C@H]4C[C@@]23c2c(c(O)c3c5c2=NCCC=5C=N3)N4)c1C[C@H](N)C(=O)O.O=C(O)C(F)(F)F.O=C(O)C(F)(F)F. The lowest BCUT2D eigenvalue weighted by Crippen LogP contribution is -2.45. The molecule has 5 aliphatic rings. The average molecular weight is 763 g/mol. The second-order valence-corrected chi connectivity index (χ2v) is 13.6. The molecule has 0 unspecified atom stereocenters. The number of aryl methyl sites for hydroxylation is 1. The predicted molar refractivity (Wildman–Crippen MR) is 168 cm³/mol. The third-order valence-corrected chi connectivity index (χ3v) is 10.6. The molecule has 1 saturated heterocycles. The Balaban J connectivity index is 0.000000307. The first kappa shape index (κ1) is 37.4. The summed E-state index contributed by atoms with van der Waals surface area (Å²) >= 11 is 2.95. The fourth-order valence-electron chi connectivity index (χ4n) is 5.87. The molecule has 7 N–H and O–H groups in total. The molecule has 1 aromatic carbocycles. The van der Waals surface area contributed by atoms with Crippen molar-refractivity contribution < 1.29 is 65.9 Å². The van der Waals surface area contributed by atoms with E-state index in [4.69, 9.17) is 30.5 Å². The number of allylic oxidation sites excluding steroid dienone is 4. The zero-order valence-electron chi connectivity index (χ0n) is 25.7. The molecule has 2 bridgehead atoms. The van der Waals surface area contributed by atoms with E-state index in [0.29, 0.717) is 35.1 Å². The topological polar surface area (TPSA) is 230 Å². The summed E-state index contributed by atoms with van der Waals surface area (Å²) in [6.45, 7) is 0.624. The number of halogens is 6. The summed E-state index contributed by atoms with van der Waals surface area (Å²) < 4.78 is 65.2. The van der Waals surface area contributed by atoms with Crippen LogP contribution in [0.1, 0.15) is 24.1 Å². The first-order valence-corrected chi connectivity index (χ1v) is 16.1. The number of alkyl halides is 6. The van der Waals surface area contributed by atoms with Gasteiger partial charge >= 0.3 is 30.3 Å². The lowest BCUT2D eigenvalue weighted by atomic mass is 9.71. The van der Waals surface area contributed by atoms with E-state index in [-0.39, 0.29) is 23.3 Å². The highest BCUT2D eigenvalue weighted by atomic mass is 32.2. The number of carbonyl (C=O) groups excluding carboxylic acids is 1. The molecule has 0 radical (unpaired) electrons. The quantitative estimate of drug-likeness (QED) is 0.190. The Bertz CT molecular complexity index is 2070. The Morgan fingerprint density at radius 2 is 1.76 bits per heavy atom. The van der Waals surface area contributed by atoms with Crippen LogP contribution in [0.3, 0.4) is 0 Å². The number of nitrogens with two attached hydrogens (primary N) is 1. The van der Waals surface area contributed by atoms with Crippen molar-refractivity contribution in [1.82, 2.24) is 9.55 Å². The molecule has 1 spiro atoms. The van der Waals surface area contributed by atoms with Gasteiger partial charge in [-0.2, -0.15) is 26.3 Å². The number of aliphatic carboxylic acids is 3. The van der Waals surface area contributed by atoms with Gasteiger partial charge in [-0.25, -0.2) is 14.6 Å². The molecule has 3 atom stereocenters. The summed E-state index contributed by atoms with van der Waals surface area (Å²) in [5.74, 6) is -6.61. The number of rotatable bonds is 5. The molecule has 1 fully saturated rings. The average Bonchev–Trinajstić information content (AvgIpc) is 3.70. The summed E-state index contributed by atoms with van der Waals surface area (Å²) in [7, 11) is 1.80. The largest absolute Gasteiger partial charge is 0.504 e. The Labute approximate surface area is 289 Å². The van der Waals surface area contributed by atoms with E-state index in [2.05, 4.69) is 15.3 Å². The number of anilines is 1. The molecule has 51 heavy (non-hydrogen) atoms. The number of phenols is 1. The minimum Gasteiger partial charge on any atom is -0.504 e. The van der Waals surface area contributed by atoms with Crippen molar-refractivity contribution in [2.75, 3.05) is 11.9 Å². The number of hydrogen-bond acceptors (Lipinski definition) is 12. The monoisotopic (exact) mass is 762 g/mol. The van der Waals surface area contributed by atoms with E-state index in [1.807, 2.05) is 6.21 Å². The number of benzene rings is 1. The number of carboxylic acids is 3. The second-order valence-electron chi connectivity index (χ2n) is 11.3. The number of nitrogens with one attached hydrogen (secondary N) is 1. The maximum absolute atomic E-state index is 12.9. The summed E-state index contributed by atoms with van der Waals surface area (Å²) in [5.41, 5.74) is 8.95. The molecule has 4 aliphatic heterocycles. The normalized spacial score (nSPS) is 21.2. The molecule has 1 aromatic heterocycles. The van der Waals surface area contributed by atoms with E-state index >= 15 is 0 Å². The van der Waals surface area contributed by atoms with Gasteiger partial charge in [0.25, 0.3) is 0 Å². The van der Waals surface area contributed by atoms with Crippen LogP contribution in [0.15, 0.2) is 43.3 Å². The van der Waals surface area contributed by atoms with Crippen LogP contribution in [0.2, 0.25) is 0 Å². The number of phenolic OH excluding ortho intramolecular Hbond substituents is 1. The molecule has 0 amide bonds. The lowest BCUT2D eigenvalue weighted by molar-refractivity contribution is -0.193. The number of aromatic nitrogens is 2. The van der Waals surface area contributed by atoms with Crippen molar-refractivity contribution in [3.05, 3.63) is 50.1 Å². The van der Waals surface area contributed by atoms with E-state index in [9.17, 15) is 46.1 Å². The minimum atomic E-state index is -5.08. The van der Waals surface area contributed by atoms with Crippen LogP contribution in [-0.2, 0) is 38.1 Å². The molecule has 5 heterocycles. The lowest BCUT2D eigenvalue weighted by Gasteiger charge is -2.39.